The fourth-order valence-electron chi connectivity index (χ4n) is 2.93. The Labute approximate surface area is 170 Å². The topological polar surface area (TPSA) is 75.6 Å². The van der Waals surface area contributed by atoms with Crippen LogP contribution in [0, 0.1) is 11.7 Å². The van der Waals surface area contributed by atoms with Crippen LogP contribution in [-0.2, 0) is 23.9 Å². The molecule has 0 aliphatic heterocycles. The summed E-state index contributed by atoms with van der Waals surface area (Å²) in [6.45, 7) is 1.68. The summed E-state index contributed by atoms with van der Waals surface area (Å²) >= 11 is 0. The standard InChI is InChI=1S/C21H21F4NO4/c1-3-13(20(28)29)8-12-4-7-18(30-2)14(9-12)11-26-19(27)16-6-5-15(10-17(16)22)21(23,24)25/h4-7,9-10,13H,3,8,11H2,1-2H3,(H,26,27)(H,28,29)/t13-/m0/s1. The number of nitrogens with one attached hydrogen (secondary N) is 1. The summed E-state index contributed by atoms with van der Waals surface area (Å²) in [6, 6.07) is 6.70. The molecule has 0 aromatic heterocycles. The van der Waals surface area contributed by atoms with Crippen LogP contribution in [0.25, 0.3) is 0 Å². The van der Waals surface area contributed by atoms with Gasteiger partial charge in [-0.2, -0.15) is 13.2 Å². The molecule has 0 bridgehead atoms. The molecule has 0 unspecified atom stereocenters. The van der Waals surface area contributed by atoms with Gasteiger partial charge in [0.2, 0.25) is 0 Å². The quantitative estimate of drug-likeness (QED) is 0.611. The number of amides is 1. The molecule has 2 aromatic carbocycles. The number of hydrogen-bond donors (Lipinski definition) is 2. The molecule has 0 radical (unpaired) electrons. The third-order valence-corrected chi connectivity index (χ3v) is 4.65. The predicted molar refractivity (Wildman–Crippen MR) is 101 cm³/mol. The van der Waals surface area contributed by atoms with E-state index in [-0.39, 0.29) is 19.0 Å². The van der Waals surface area contributed by atoms with E-state index in [0.29, 0.717) is 23.8 Å². The van der Waals surface area contributed by atoms with Gasteiger partial charge in [-0.25, -0.2) is 4.39 Å². The van der Waals surface area contributed by atoms with Gasteiger partial charge in [0, 0.05) is 12.1 Å². The first kappa shape index (κ1) is 23.2. The Bertz CT molecular complexity index is 928. The van der Waals surface area contributed by atoms with Gasteiger partial charge in [0.05, 0.1) is 24.2 Å². The van der Waals surface area contributed by atoms with E-state index < -0.39 is 40.9 Å². The molecule has 0 saturated heterocycles. The van der Waals surface area contributed by atoms with Crippen molar-refractivity contribution in [1.29, 1.82) is 0 Å². The number of alkyl halides is 3. The van der Waals surface area contributed by atoms with Gasteiger partial charge in [-0.1, -0.05) is 19.1 Å². The van der Waals surface area contributed by atoms with Crippen LogP contribution in [-0.4, -0.2) is 24.1 Å². The summed E-state index contributed by atoms with van der Waals surface area (Å²) in [5.74, 6) is -3.22. The molecular formula is C21H21F4NO4. The Morgan fingerprint density at radius 3 is 2.40 bits per heavy atom. The zero-order chi connectivity index (χ0) is 22.5. The number of carboxylic acids is 1. The summed E-state index contributed by atoms with van der Waals surface area (Å²) < 4.78 is 57.1. The van der Waals surface area contributed by atoms with E-state index >= 15 is 0 Å². The number of halogens is 4. The maximum absolute atomic E-state index is 14.0. The molecule has 2 rings (SSSR count). The molecule has 5 nitrogen and oxygen atoms in total. The Morgan fingerprint density at radius 1 is 1.17 bits per heavy atom. The van der Waals surface area contributed by atoms with E-state index in [1.165, 1.54) is 7.11 Å². The lowest BCUT2D eigenvalue weighted by Crippen LogP contribution is -2.24. The van der Waals surface area contributed by atoms with Crippen molar-refractivity contribution in [2.45, 2.75) is 32.5 Å². The number of aliphatic carboxylic acids is 1. The van der Waals surface area contributed by atoms with Crippen LogP contribution >= 0.6 is 0 Å². The normalized spacial score (nSPS) is 12.3. The van der Waals surface area contributed by atoms with Crippen molar-refractivity contribution in [2.24, 2.45) is 5.92 Å². The smallest absolute Gasteiger partial charge is 0.416 e. The molecule has 1 atom stereocenters. The molecule has 9 heteroatoms. The molecule has 2 aromatic rings. The molecule has 30 heavy (non-hydrogen) atoms. The Hall–Kier alpha value is -3.10. The number of methoxy groups -OCH3 is 1. The molecule has 0 aliphatic carbocycles. The molecule has 1 amide bonds. The zero-order valence-electron chi connectivity index (χ0n) is 16.3. The fraction of sp³-hybridized carbons (Fsp3) is 0.333. The average molecular weight is 427 g/mol. The van der Waals surface area contributed by atoms with E-state index in [1.807, 2.05) is 0 Å². The number of carbonyl (C=O) groups is 2. The average Bonchev–Trinajstić information content (AvgIpc) is 2.69. The maximum atomic E-state index is 14.0. The highest BCUT2D eigenvalue weighted by molar-refractivity contribution is 5.94. The lowest BCUT2D eigenvalue weighted by Gasteiger charge is -2.14. The number of rotatable bonds is 8. The van der Waals surface area contributed by atoms with E-state index in [9.17, 15) is 32.3 Å². The third-order valence-electron chi connectivity index (χ3n) is 4.65. The minimum atomic E-state index is -4.71. The molecule has 2 N–H and O–H groups in total. The highest BCUT2D eigenvalue weighted by Gasteiger charge is 2.31. The minimum absolute atomic E-state index is 0.0832. The molecule has 0 fully saturated rings. The Balaban J connectivity index is 2.17. The highest BCUT2D eigenvalue weighted by Crippen LogP contribution is 2.30. The summed E-state index contributed by atoms with van der Waals surface area (Å²) in [7, 11) is 1.42. The largest absolute Gasteiger partial charge is 0.496 e. The van der Waals surface area contributed by atoms with Crippen molar-refractivity contribution in [3.05, 3.63) is 64.5 Å². The van der Waals surface area contributed by atoms with Crippen LogP contribution in [0.4, 0.5) is 17.6 Å². The molecular weight excluding hydrogens is 406 g/mol. The second-order valence-electron chi connectivity index (χ2n) is 6.67. The summed E-state index contributed by atoms with van der Waals surface area (Å²) in [4.78, 5) is 23.5. The first-order valence-electron chi connectivity index (χ1n) is 9.10. The summed E-state index contributed by atoms with van der Waals surface area (Å²) in [5, 5.41) is 11.7. The van der Waals surface area contributed by atoms with Gasteiger partial charge >= 0.3 is 12.1 Å². The van der Waals surface area contributed by atoms with Crippen molar-refractivity contribution < 1.29 is 37.0 Å². The second-order valence-corrected chi connectivity index (χ2v) is 6.67. The number of benzene rings is 2. The van der Waals surface area contributed by atoms with Crippen LogP contribution in [0.1, 0.15) is 40.4 Å². The Kier molecular flexibility index (Phi) is 7.42. The number of carboxylic acid groups (broad SMARTS) is 1. The van der Waals surface area contributed by atoms with E-state index in [0.717, 1.165) is 11.6 Å². The molecule has 0 heterocycles. The monoisotopic (exact) mass is 427 g/mol. The van der Waals surface area contributed by atoms with Crippen LogP contribution in [0.3, 0.4) is 0 Å². The zero-order valence-corrected chi connectivity index (χ0v) is 16.3. The van der Waals surface area contributed by atoms with Gasteiger partial charge in [-0.05, 0) is 42.7 Å². The molecule has 162 valence electrons. The Morgan fingerprint density at radius 2 is 1.87 bits per heavy atom. The van der Waals surface area contributed by atoms with E-state index in [4.69, 9.17) is 4.74 Å². The van der Waals surface area contributed by atoms with Crippen LogP contribution in [0.15, 0.2) is 36.4 Å². The van der Waals surface area contributed by atoms with Gasteiger partial charge in [-0.15, -0.1) is 0 Å². The maximum Gasteiger partial charge on any atom is 0.416 e. The summed E-state index contributed by atoms with van der Waals surface area (Å²) in [6.07, 6.45) is -3.99. The highest BCUT2D eigenvalue weighted by atomic mass is 19.4. The van der Waals surface area contributed by atoms with Crippen LogP contribution < -0.4 is 10.1 Å². The second kappa shape index (κ2) is 9.60. The van der Waals surface area contributed by atoms with Crippen molar-refractivity contribution in [1.82, 2.24) is 5.32 Å². The van der Waals surface area contributed by atoms with Gasteiger partial charge in [0.15, 0.2) is 0 Å². The van der Waals surface area contributed by atoms with Crippen molar-refractivity contribution in [3.8, 4) is 5.75 Å². The van der Waals surface area contributed by atoms with Gasteiger partial charge in [0.25, 0.3) is 5.91 Å². The van der Waals surface area contributed by atoms with E-state index in [1.54, 1.807) is 25.1 Å². The van der Waals surface area contributed by atoms with E-state index in [2.05, 4.69) is 5.32 Å². The van der Waals surface area contributed by atoms with Gasteiger partial charge in [0.1, 0.15) is 11.6 Å². The lowest BCUT2D eigenvalue weighted by molar-refractivity contribution is -0.141. The first-order chi connectivity index (χ1) is 14.1. The first-order valence-corrected chi connectivity index (χ1v) is 9.10. The number of carbonyl (C=O) groups excluding carboxylic acids is 1. The van der Waals surface area contributed by atoms with Crippen LogP contribution in [0.2, 0.25) is 0 Å². The minimum Gasteiger partial charge on any atom is -0.496 e. The number of hydrogen-bond acceptors (Lipinski definition) is 3. The SMILES string of the molecule is CC[C@@H](Cc1ccc(OC)c(CNC(=O)c2ccc(C(F)(F)F)cc2F)c1)C(=O)O. The van der Waals surface area contributed by atoms with Crippen LogP contribution in [0.5, 0.6) is 5.75 Å². The molecule has 0 spiro atoms. The summed E-state index contributed by atoms with van der Waals surface area (Å²) in [5.41, 5.74) is -0.462. The lowest BCUT2D eigenvalue weighted by atomic mass is 9.95. The van der Waals surface area contributed by atoms with Crippen molar-refractivity contribution in [3.63, 3.8) is 0 Å². The van der Waals surface area contributed by atoms with Crippen molar-refractivity contribution in [2.75, 3.05) is 7.11 Å². The predicted octanol–water partition coefficient (Wildman–Crippen LogP) is 4.44. The fourth-order valence-corrected chi connectivity index (χ4v) is 2.93. The molecule has 0 aliphatic rings. The van der Waals surface area contributed by atoms with Gasteiger partial charge < -0.3 is 15.2 Å². The number of ether oxygens (including phenoxy) is 1. The van der Waals surface area contributed by atoms with Gasteiger partial charge in [-0.3, -0.25) is 9.59 Å². The molecule has 0 saturated carbocycles. The van der Waals surface area contributed by atoms with Crippen molar-refractivity contribution >= 4 is 11.9 Å². The third kappa shape index (κ3) is 5.71.